The molecule has 0 saturated carbocycles. The van der Waals surface area contributed by atoms with Crippen LogP contribution in [0, 0.1) is 6.92 Å². The number of anilines is 2. The Morgan fingerprint density at radius 2 is 1.72 bits per heavy atom. The number of piperazine rings is 1. The quantitative estimate of drug-likeness (QED) is 0.631. The number of aryl methyl sites for hydroxylation is 1. The van der Waals surface area contributed by atoms with Gasteiger partial charge in [-0.15, -0.1) is 0 Å². The molecule has 3 heterocycles. The van der Waals surface area contributed by atoms with E-state index in [0.29, 0.717) is 30.4 Å². The number of aromatic nitrogens is 1. The first-order valence-electron chi connectivity index (χ1n) is 10.7. The van der Waals surface area contributed by atoms with Gasteiger partial charge in [-0.05, 0) is 30.7 Å². The molecule has 2 aromatic carbocycles. The molecule has 0 atom stereocenters. The summed E-state index contributed by atoms with van der Waals surface area (Å²) in [6.45, 7) is 4.97. The minimum atomic E-state index is -0.179. The van der Waals surface area contributed by atoms with E-state index in [0.717, 1.165) is 13.1 Å². The molecule has 8 heteroatoms. The van der Waals surface area contributed by atoms with Crippen LogP contribution in [0.3, 0.4) is 0 Å². The number of para-hydroxylation sites is 3. The van der Waals surface area contributed by atoms with Crippen LogP contribution < -0.4 is 14.5 Å². The number of oxazole rings is 1. The van der Waals surface area contributed by atoms with Crippen LogP contribution in [-0.4, -0.2) is 54.5 Å². The van der Waals surface area contributed by atoms with E-state index in [1.54, 1.807) is 9.80 Å². The molecule has 0 radical (unpaired) electrons. The van der Waals surface area contributed by atoms with Gasteiger partial charge < -0.3 is 19.0 Å². The van der Waals surface area contributed by atoms with Gasteiger partial charge in [0.25, 0.3) is 11.8 Å². The van der Waals surface area contributed by atoms with Gasteiger partial charge in [0.1, 0.15) is 18.6 Å². The molecule has 2 aliphatic rings. The molecular formula is C24H24N4O4. The van der Waals surface area contributed by atoms with Gasteiger partial charge in [0, 0.05) is 31.9 Å². The van der Waals surface area contributed by atoms with Crippen LogP contribution in [0.4, 0.5) is 11.4 Å². The number of hydrogen-bond acceptors (Lipinski definition) is 6. The second-order valence-electron chi connectivity index (χ2n) is 7.93. The third-order valence-electron chi connectivity index (χ3n) is 5.90. The molecule has 1 fully saturated rings. The Balaban J connectivity index is 1.24. The second kappa shape index (κ2) is 8.37. The molecule has 5 rings (SSSR count). The smallest absolute Gasteiger partial charge is 0.275 e. The molecule has 1 aromatic heterocycles. The van der Waals surface area contributed by atoms with E-state index >= 15 is 0 Å². The van der Waals surface area contributed by atoms with Crippen molar-refractivity contribution in [3.05, 3.63) is 71.9 Å². The predicted octanol–water partition coefficient (Wildman–Crippen LogP) is 2.87. The van der Waals surface area contributed by atoms with Crippen molar-refractivity contribution in [2.24, 2.45) is 0 Å². The molecule has 0 N–H and O–H groups in total. The molecule has 0 spiro atoms. The lowest BCUT2D eigenvalue weighted by atomic mass is 10.1. The van der Waals surface area contributed by atoms with Crippen molar-refractivity contribution < 1.29 is 18.7 Å². The molecule has 0 aliphatic carbocycles. The van der Waals surface area contributed by atoms with E-state index in [9.17, 15) is 9.59 Å². The van der Waals surface area contributed by atoms with Crippen LogP contribution in [0.15, 0.2) is 59.2 Å². The largest absolute Gasteiger partial charge is 0.482 e. The molecular weight excluding hydrogens is 408 g/mol. The Hall–Kier alpha value is -3.81. The summed E-state index contributed by atoms with van der Waals surface area (Å²) in [5.74, 6) is 0.624. The number of carbonyl (C=O) groups excluding carboxylic acids is 2. The Kier molecular flexibility index (Phi) is 5.26. The second-order valence-corrected chi connectivity index (χ2v) is 7.93. The molecule has 164 valence electrons. The Morgan fingerprint density at radius 1 is 1.00 bits per heavy atom. The Labute approximate surface area is 186 Å². The number of rotatable bonds is 4. The van der Waals surface area contributed by atoms with Crippen molar-refractivity contribution in [1.29, 1.82) is 0 Å². The first-order chi connectivity index (χ1) is 15.6. The minimum Gasteiger partial charge on any atom is -0.482 e. The highest BCUT2D eigenvalue weighted by molar-refractivity contribution is 5.97. The number of fused-ring (bicyclic) bond motifs is 1. The summed E-state index contributed by atoms with van der Waals surface area (Å²) in [4.78, 5) is 35.4. The van der Waals surface area contributed by atoms with Crippen LogP contribution in [0.2, 0.25) is 0 Å². The van der Waals surface area contributed by atoms with Gasteiger partial charge in [0.2, 0.25) is 5.89 Å². The summed E-state index contributed by atoms with van der Waals surface area (Å²) in [7, 11) is 0. The van der Waals surface area contributed by atoms with Gasteiger partial charge >= 0.3 is 0 Å². The summed E-state index contributed by atoms with van der Waals surface area (Å²) in [6, 6.07) is 15.6. The average molecular weight is 432 g/mol. The summed E-state index contributed by atoms with van der Waals surface area (Å²) in [6.07, 6.45) is 1.38. The topological polar surface area (TPSA) is 79.1 Å². The molecule has 0 bridgehead atoms. The van der Waals surface area contributed by atoms with Crippen LogP contribution in [0.1, 0.15) is 21.9 Å². The Morgan fingerprint density at radius 3 is 2.50 bits per heavy atom. The number of benzene rings is 2. The first kappa shape index (κ1) is 20.1. The van der Waals surface area contributed by atoms with E-state index in [4.69, 9.17) is 9.15 Å². The lowest BCUT2D eigenvalue weighted by Gasteiger charge is -2.36. The van der Waals surface area contributed by atoms with Gasteiger partial charge in [-0.1, -0.05) is 30.3 Å². The van der Waals surface area contributed by atoms with Crippen LogP contribution >= 0.6 is 0 Å². The van der Waals surface area contributed by atoms with E-state index in [2.05, 4.69) is 28.9 Å². The predicted molar refractivity (Wildman–Crippen MR) is 119 cm³/mol. The summed E-state index contributed by atoms with van der Waals surface area (Å²) < 4.78 is 11.0. The average Bonchev–Trinajstić information content (AvgIpc) is 3.30. The third-order valence-corrected chi connectivity index (χ3v) is 5.90. The normalized spacial score (nSPS) is 16.0. The molecule has 8 nitrogen and oxygen atoms in total. The van der Waals surface area contributed by atoms with Crippen molar-refractivity contribution in [3.63, 3.8) is 0 Å². The van der Waals surface area contributed by atoms with Crippen molar-refractivity contribution in [2.75, 3.05) is 42.6 Å². The molecule has 32 heavy (non-hydrogen) atoms. The van der Waals surface area contributed by atoms with Crippen molar-refractivity contribution in [3.8, 4) is 5.75 Å². The number of nitrogens with zero attached hydrogens (tertiary/aromatic N) is 4. The van der Waals surface area contributed by atoms with E-state index in [1.165, 1.54) is 17.5 Å². The summed E-state index contributed by atoms with van der Waals surface area (Å²) in [5.41, 5.74) is 3.37. The molecule has 0 unspecified atom stereocenters. The molecule has 2 aliphatic heterocycles. The summed E-state index contributed by atoms with van der Waals surface area (Å²) >= 11 is 0. The van der Waals surface area contributed by atoms with E-state index in [1.807, 2.05) is 36.4 Å². The fourth-order valence-corrected chi connectivity index (χ4v) is 4.17. The first-order valence-corrected chi connectivity index (χ1v) is 10.7. The summed E-state index contributed by atoms with van der Waals surface area (Å²) in [5, 5.41) is 0. The van der Waals surface area contributed by atoms with Crippen LogP contribution in [0.5, 0.6) is 5.75 Å². The van der Waals surface area contributed by atoms with E-state index < -0.39 is 0 Å². The van der Waals surface area contributed by atoms with E-state index in [-0.39, 0.29) is 30.7 Å². The fraction of sp³-hybridized carbons (Fsp3) is 0.292. The SMILES string of the molecule is Cc1ccccc1N1CCN(C(=O)c2coc(CN3C(=O)COc4ccccc43)n2)CC1. The zero-order valence-corrected chi connectivity index (χ0v) is 17.9. The number of hydrogen-bond donors (Lipinski definition) is 0. The van der Waals surface area contributed by atoms with Gasteiger partial charge in [-0.3, -0.25) is 14.5 Å². The van der Waals surface area contributed by atoms with Crippen LogP contribution in [0.25, 0.3) is 0 Å². The highest BCUT2D eigenvalue weighted by Crippen LogP contribution is 2.32. The number of ether oxygens (including phenoxy) is 1. The lowest BCUT2D eigenvalue weighted by molar-refractivity contribution is -0.121. The van der Waals surface area contributed by atoms with Crippen LogP contribution in [-0.2, 0) is 11.3 Å². The molecule has 2 amide bonds. The van der Waals surface area contributed by atoms with Gasteiger partial charge in [-0.25, -0.2) is 4.98 Å². The number of carbonyl (C=O) groups is 2. The Bertz CT molecular complexity index is 1150. The van der Waals surface area contributed by atoms with Crippen molar-refractivity contribution in [1.82, 2.24) is 9.88 Å². The highest BCUT2D eigenvalue weighted by atomic mass is 16.5. The fourth-order valence-electron chi connectivity index (χ4n) is 4.17. The van der Waals surface area contributed by atoms with Gasteiger partial charge in [-0.2, -0.15) is 0 Å². The minimum absolute atomic E-state index is 0.0331. The van der Waals surface area contributed by atoms with Gasteiger partial charge in [0.15, 0.2) is 12.3 Å². The monoisotopic (exact) mass is 432 g/mol. The maximum absolute atomic E-state index is 13.0. The maximum atomic E-state index is 13.0. The van der Waals surface area contributed by atoms with Crippen molar-refractivity contribution >= 4 is 23.2 Å². The van der Waals surface area contributed by atoms with Crippen molar-refractivity contribution in [2.45, 2.75) is 13.5 Å². The maximum Gasteiger partial charge on any atom is 0.275 e. The van der Waals surface area contributed by atoms with Gasteiger partial charge in [0.05, 0.1) is 5.69 Å². The molecule has 3 aromatic rings. The number of amides is 2. The highest BCUT2D eigenvalue weighted by Gasteiger charge is 2.28. The molecule has 1 saturated heterocycles. The zero-order valence-electron chi connectivity index (χ0n) is 17.9. The standard InChI is InChI=1S/C24H24N4O4/c1-17-6-2-3-7-19(17)26-10-12-27(13-11-26)24(30)18-15-32-22(25-18)14-28-20-8-4-5-9-21(20)31-16-23(28)29/h2-9,15H,10-14,16H2,1H3. The zero-order chi connectivity index (χ0) is 22.1. The lowest BCUT2D eigenvalue weighted by Crippen LogP contribution is -2.49. The third kappa shape index (κ3) is 3.79.